The van der Waals surface area contributed by atoms with Gasteiger partial charge >= 0.3 is 0 Å². The predicted molar refractivity (Wildman–Crippen MR) is 80.9 cm³/mol. The van der Waals surface area contributed by atoms with E-state index in [1.54, 1.807) is 23.9 Å². The third-order valence-corrected chi connectivity index (χ3v) is 3.73. The van der Waals surface area contributed by atoms with Crippen LogP contribution < -0.4 is 5.32 Å². The zero-order valence-corrected chi connectivity index (χ0v) is 11.8. The van der Waals surface area contributed by atoms with Crippen LogP contribution in [0.1, 0.15) is 11.1 Å². The second kappa shape index (κ2) is 7.70. The van der Waals surface area contributed by atoms with Gasteiger partial charge in [0.15, 0.2) is 0 Å². The molecule has 0 spiro atoms. The molecular weight excluding hydrogens is 273 g/mol. The van der Waals surface area contributed by atoms with Gasteiger partial charge in [0.1, 0.15) is 5.82 Å². The Labute approximate surface area is 122 Å². The van der Waals surface area contributed by atoms with Crippen LogP contribution in [0.15, 0.2) is 54.6 Å². The Hall–Kier alpha value is -1.81. The molecule has 2 nitrogen and oxygen atoms in total. The molecule has 0 unspecified atom stereocenters. The lowest BCUT2D eigenvalue weighted by Gasteiger charge is -2.05. The Morgan fingerprint density at radius 1 is 1.05 bits per heavy atom. The average molecular weight is 289 g/mol. The van der Waals surface area contributed by atoms with Gasteiger partial charge < -0.3 is 5.32 Å². The van der Waals surface area contributed by atoms with E-state index in [9.17, 15) is 9.18 Å². The minimum atomic E-state index is -0.282. The van der Waals surface area contributed by atoms with Crippen LogP contribution in [0.2, 0.25) is 0 Å². The van der Waals surface area contributed by atoms with E-state index in [0.29, 0.717) is 12.3 Å². The number of amides is 1. The maximum absolute atomic E-state index is 13.0. The van der Waals surface area contributed by atoms with E-state index in [1.165, 1.54) is 17.7 Å². The van der Waals surface area contributed by atoms with Gasteiger partial charge in [0.05, 0.1) is 5.75 Å². The van der Waals surface area contributed by atoms with Gasteiger partial charge in [-0.15, -0.1) is 11.8 Å². The van der Waals surface area contributed by atoms with Gasteiger partial charge in [-0.1, -0.05) is 42.5 Å². The number of benzene rings is 2. The lowest BCUT2D eigenvalue weighted by Crippen LogP contribution is -2.24. The summed E-state index contributed by atoms with van der Waals surface area (Å²) in [6, 6.07) is 16.3. The number of carbonyl (C=O) groups is 1. The third kappa shape index (κ3) is 5.05. The van der Waals surface area contributed by atoms with E-state index in [2.05, 4.69) is 5.32 Å². The van der Waals surface area contributed by atoms with Gasteiger partial charge in [-0.05, 0) is 23.3 Å². The number of nitrogens with one attached hydrogen (secondary N) is 1. The van der Waals surface area contributed by atoms with Gasteiger partial charge in [-0.3, -0.25) is 4.79 Å². The fraction of sp³-hybridized carbons (Fsp3) is 0.188. The van der Waals surface area contributed by atoms with Gasteiger partial charge in [0.25, 0.3) is 0 Å². The third-order valence-electron chi connectivity index (χ3n) is 2.72. The zero-order chi connectivity index (χ0) is 14.2. The molecule has 1 N–H and O–H groups in total. The van der Waals surface area contributed by atoms with Crippen LogP contribution in [-0.2, 0) is 17.1 Å². The first-order valence-corrected chi connectivity index (χ1v) is 7.52. The van der Waals surface area contributed by atoms with Gasteiger partial charge in [-0.2, -0.15) is 0 Å². The first-order chi connectivity index (χ1) is 9.74. The van der Waals surface area contributed by atoms with Crippen molar-refractivity contribution in [2.75, 3.05) is 5.75 Å². The van der Waals surface area contributed by atoms with Crippen molar-refractivity contribution in [1.82, 2.24) is 5.32 Å². The highest BCUT2D eigenvalue weighted by Crippen LogP contribution is 2.11. The molecule has 0 radical (unpaired) electrons. The Kier molecular flexibility index (Phi) is 5.62. The lowest BCUT2D eigenvalue weighted by molar-refractivity contribution is -0.118. The van der Waals surface area contributed by atoms with Crippen LogP contribution in [0, 0.1) is 5.82 Å². The minimum Gasteiger partial charge on any atom is -0.351 e. The largest absolute Gasteiger partial charge is 0.351 e. The summed E-state index contributed by atoms with van der Waals surface area (Å²) < 4.78 is 13.0. The Balaban J connectivity index is 1.68. The Bertz CT molecular complexity index is 559. The number of halogens is 1. The SMILES string of the molecule is O=C(CSCc1ccccc1)NCc1cccc(F)c1. The van der Waals surface area contributed by atoms with E-state index < -0.39 is 0 Å². The Morgan fingerprint density at radius 2 is 1.80 bits per heavy atom. The highest BCUT2D eigenvalue weighted by molar-refractivity contribution is 7.99. The van der Waals surface area contributed by atoms with Crippen molar-refractivity contribution in [2.45, 2.75) is 12.3 Å². The van der Waals surface area contributed by atoms with Crippen molar-refractivity contribution >= 4 is 17.7 Å². The van der Waals surface area contributed by atoms with Crippen molar-refractivity contribution < 1.29 is 9.18 Å². The topological polar surface area (TPSA) is 29.1 Å². The number of thioether (sulfide) groups is 1. The molecule has 0 aliphatic heterocycles. The molecule has 0 saturated heterocycles. The van der Waals surface area contributed by atoms with E-state index >= 15 is 0 Å². The summed E-state index contributed by atoms with van der Waals surface area (Å²) in [5.74, 6) is 0.906. The molecule has 104 valence electrons. The summed E-state index contributed by atoms with van der Waals surface area (Å²) in [5, 5.41) is 2.79. The van der Waals surface area contributed by atoms with E-state index in [0.717, 1.165) is 11.3 Å². The van der Waals surface area contributed by atoms with E-state index in [-0.39, 0.29) is 11.7 Å². The number of carbonyl (C=O) groups excluding carboxylic acids is 1. The molecule has 2 aromatic rings. The van der Waals surface area contributed by atoms with Gasteiger partial charge in [-0.25, -0.2) is 4.39 Å². The van der Waals surface area contributed by atoms with Gasteiger partial charge in [0, 0.05) is 12.3 Å². The summed E-state index contributed by atoms with van der Waals surface area (Å²) in [6.07, 6.45) is 0. The molecule has 0 bridgehead atoms. The summed E-state index contributed by atoms with van der Waals surface area (Å²) >= 11 is 1.57. The summed E-state index contributed by atoms with van der Waals surface area (Å²) in [6.45, 7) is 0.364. The highest BCUT2D eigenvalue weighted by atomic mass is 32.2. The first-order valence-electron chi connectivity index (χ1n) is 6.37. The first kappa shape index (κ1) is 14.6. The summed E-state index contributed by atoms with van der Waals surface area (Å²) in [4.78, 5) is 11.7. The molecule has 0 atom stereocenters. The number of rotatable bonds is 6. The maximum Gasteiger partial charge on any atom is 0.230 e. The minimum absolute atomic E-state index is 0.0322. The highest BCUT2D eigenvalue weighted by Gasteiger charge is 2.02. The van der Waals surface area contributed by atoms with Crippen molar-refractivity contribution in [3.8, 4) is 0 Å². The van der Waals surface area contributed by atoms with Crippen LogP contribution in [0.25, 0.3) is 0 Å². The van der Waals surface area contributed by atoms with Crippen molar-refractivity contribution in [3.63, 3.8) is 0 Å². The number of hydrogen-bond acceptors (Lipinski definition) is 2. The second-order valence-electron chi connectivity index (χ2n) is 4.39. The quantitative estimate of drug-likeness (QED) is 0.883. The predicted octanol–water partition coefficient (Wildman–Crippen LogP) is 3.38. The second-order valence-corrected chi connectivity index (χ2v) is 5.37. The van der Waals surface area contributed by atoms with Crippen LogP contribution in [0.5, 0.6) is 0 Å². The molecule has 2 aromatic carbocycles. The molecular formula is C16H16FNOS. The monoisotopic (exact) mass is 289 g/mol. The molecule has 0 aromatic heterocycles. The summed E-state index contributed by atoms with van der Waals surface area (Å²) in [5.41, 5.74) is 1.97. The molecule has 4 heteroatoms. The molecule has 0 aliphatic carbocycles. The molecule has 0 heterocycles. The fourth-order valence-corrected chi connectivity index (χ4v) is 2.55. The van der Waals surface area contributed by atoms with Gasteiger partial charge in [0.2, 0.25) is 5.91 Å². The molecule has 0 saturated carbocycles. The van der Waals surface area contributed by atoms with Crippen molar-refractivity contribution in [3.05, 3.63) is 71.5 Å². The summed E-state index contributed by atoms with van der Waals surface area (Å²) in [7, 11) is 0. The molecule has 2 rings (SSSR count). The zero-order valence-electron chi connectivity index (χ0n) is 11.0. The van der Waals surface area contributed by atoms with E-state index in [1.807, 2.05) is 30.3 Å². The molecule has 20 heavy (non-hydrogen) atoms. The van der Waals surface area contributed by atoms with Crippen molar-refractivity contribution in [2.24, 2.45) is 0 Å². The van der Waals surface area contributed by atoms with Crippen molar-refractivity contribution in [1.29, 1.82) is 0 Å². The lowest BCUT2D eigenvalue weighted by atomic mass is 10.2. The Morgan fingerprint density at radius 3 is 2.55 bits per heavy atom. The smallest absolute Gasteiger partial charge is 0.230 e. The van der Waals surface area contributed by atoms with Crippen LogP contribution in [0.4, 0.5) is 4.39 Å². The maximum atomic E-state index is 13.0. The fourth-order valence-electron chi connectivity index (χ4n) is 1.73. The van der Waals surface area contributed by atoms with Crippen LogP contribution >= 0.6 is 11.8 Å². The van der Waals surface area contributed by atoms with Crippen LogP contribution in [0.3, 0.4) is 0 Å². The standard InChI is InChI=1S/C16H16FNOS/c17-15-8-4-7-14(9-15)10-18-16(19)12-20-11-13-5-2-1-3-6-13/h1-9H,10-12H2,(H,18,19). The van der Waals surface area contributed by atoms with Crippen LogP contribution in [-0.4, -0.2) is 11.7 Å². The molecule has 0 fully saturated rings. The number of hydrogen-bond donors (Lipinski definition) is 1. The van der Waals surface area contributed by atoms with E-state index in [4.69, 9.17) is 0 Å². The average Bonchev–Trinajstić information content (AvgIpc) is 2.46. The molecule has 1 amide bonds. The normalized spacial score (nSPS) is 10.2. The molecule has 0 aliphatic rings.